The molecule has 0 aliphatic carbocycles. The molecule has 0 saturated heterocycles. The van der Waals surface area contributed by atoms with Crippen LogP contribution in [0.3, 0.4) is 0 Å². The van der Waals surface area contributed by atoms with Gasteiger partial charge in [0.25, 0.3) is 0 Å². The first-order valence-electron chi connectivity index (χ1n) is 12.2. The molecule has 0 spiro atoms. The molecule has 1 N–H and O–H groups in total. The molecule has 0 radical (unpaired) electrons. The lowest BCUT2D eigenvalue weighted by atomic mass is 10.2. The number of hydrogen-bond donors (Lipinski definition) is 1. The smallest absolute Gasteiger partial charge is 0.243 e. The van der Waals surface area contributed by atoms with Gasteiger partial charge in [-0.3, -0.25) is 14.3 Å². The van der Waals surface area contributed by atoms with Crippen LogP contribution in [0.2, 0.25) is 0 Å². The van der Waals surface area contributed by atoms with Crippen LogP contribution in [0.15, 0.2) is 83.1 Å². The summed E-state index contributed by atoms with van der Waals surface area (Å²) in [5.41, 5.74) is 3.19. The Bertz CT molecular complexity index is 1490. The van der Waals surface area contributed by atoms with Crippen molar-refractivity contribution in [3.05, 3.63) is 84.2 Å². The lowest BCUT2D eigenvalue weighted by Gasteiger charge is -2.19. The van der Waals surface area contributed by atoms with Crippen LogP contribution in [0.4, 0.5) is 5.69 Å². The van der Waals surface area contributed by atoms with Crippen molar-refractivity contribution < 1.29 is 13.2 Å². The van der Waals surface area contributed by atoms with E-state index in [1.807, 2.05) is 54.0 Å². The minimum Gasteiger partial charge on any atom is -0.325 e. The van der Waals surface area contributed by atoms with Crippen molar-refractivity contribution in [2.24, 2.45) is 0 Å². The minimum atomic E-state index is -3.64. The first-order chi connectivity index (χ1) is 18.3. The Hall–Kier alpha value is -3.54. The molecule has 4 rings (SSSR count). The summed E-state index contributed by atoms with van der Waals surface area (Å²) in [5.74, 6) is 0.495. The summed E-state index contributed by atoms with van der Waals surface area (Å²) in [4.78, 5) is 17.2. The molecule has 0 unspecified atom stereocenters. The van der Waals surface area contributed by atoms with Crippen LogP contribution < -0.4 is 5.32 Å². The average molecular weight is 551 g/mol. The Morgan fingerprint density at radius 3 is 2.39 bits per heavy atom. The number of thioether (sulfide) groups is 1. The maximum absolute atomic E-state index is 12.9. The molecule has 0 aliphatic heterocycles. The standard InChI is InChI=1S/C27H30N6O3S2/c1-4-32(5-2)38(35,36)23-12-11-20(3)24(17-23)29-25(34)19-37-27-31-30-26(22-13-15-28-16-14-22)33(27)18-21-9-7-6-8-10-21/h6-17H,4-5,18-19H2,1-3H3,(H,29,34). The van der Waals surface area contributed by atoms with E-state index in [1.54, 1.807) is 38.4 Å². The van der Waals surface area contributed by atoms with Crippen molar-refractivity contribution in [2.75, 3.05) is 24.2 Å². The van der Waals surface area contributed by atoms with Gasteiger partial charge >= 0.3 is 0 Å². The maximum Gasteiger partial charge on any atom is 0.243 e. The quantitative estimate of drug-likeness (QED) is 0.275. The highest BCUT2D eigenvalue weighted by Crippen LogP contribution is 2.26. The van der Waals surface area contributed by atoms with E-state index in [0.717, 1.165) is 16.7 Å². The molecule has 0 bridgehead atoms. The second-order valence-corrected chi connectivity index (χ2v) is 11.4. The van der Waals surface area contributed by atoms with E-state index < -0.39 is 10.0 Å². The van der Waals surface area contributed by atoms with Crippen LogP contribution in [-0.4, -0.2) is 57.2 Å². The van der Waals surface area contributed by atoms with E-state index >= 15 is 0 Å². The first kappa shape index (κ1) is 27.5. The number of carbonyl (C=O) groups excluding carboxylic acids is 1. The molecule has 2 heterocycles. The van der Waals surface area contributed by atoms with Gasteiger partial charge in [0.2, 0.25) is 15.9 Å². The van der Waals surface area contributed by atoms with Crippen LogP contribution >= 0.6 is 11.8 Å². The highest BCUT2D eigenvalue weighted by Gasteiger charge is 2.23. The number of nitrogens with one attached hydrogen (secondary N) is 1. The van der Waals surface area contributed by atoms with Crippen molar-refractivity contribution >= 4 is 33.4 Å². The number of pyridine rings is 1. The second kappa shape index (κ2) is 12.3. The molecule has 0 fully saturated rings. The predicted molar refractivity (Wildman–Crippen MR) is 149 cm³/mol. The van der Waals surface area contributed by atoms with Crippen LogP contribution in [-0.2, 0) is 21.4 Å². The predicted octanol–water partition coefficient (Wildman–Crippen LogP) is 4.46. The topological polar surface area (TPSA) is 110 Å². The third-order valence-electron chi connectivity index (χ3n) is 6.00. The zero-order valence-corrected chi connectivity index (χ0v) is 23.2. The van der Waals surface area contributed by atoms with Crippen molar-refractivity contribution in [3.63, 3.8) is 0 Å². The number of aromatic nitrogens is 4. The van der Waals surface area contributed by atoms with Crippen molar-refractivity contribution in [1.29, 1.82) is 0 Å². The maximum atomic E-state index is 12.9. The van der Waals surface area contributed by atoms with E-state index in [4.69, 9.17) is 0 Å². The number of amides is 1. The van der Waals surface area contributed by atoms with Gasteiger partial charge in [0, 0.05) is 36.7 Å². The molecular formula is C27H30N6O3S2. The molecule has 9 nitrogen and oxygen atoms in total. The molecule has 38 heavy (non-hydrogen) atoms. The van der Waals surface area contributed by atoms with Gasteiger partial charge in [0.1, 0.15) is 0 Å². The summed E-state index contributed by atoms with van der Waals surface area (Å²) < 4.78 is 29.3. The van der Waals surface area contributed by atoms with Crippen LogP contribution in [0.1, 0.15) is 25.0 Å². The SMILES string of the molecule is CCN(CC)S(=O)(=O)c1ccc(C)c(NC(=O)CSc2nnc(-c3ccncc3)n2Cc2ccccc2)c1. The number of sulfonamides is 1. The second-order valence-electron chi connectivity index (χ2n) is 8.52. The molecule has 198 valence electrons. The fraction of sp³-hybridized carbons (Fsp3) is 0.259. The molecular weight excluding hydrogens is 520 g/mol. The summed E-state index contributed by atoms with van der Waals surface area (Å²) in [6.07, 6.45) is 3.40. The highest BCUT2D eigenvalue weighted by molar-refractivity contribution is 7.99. The molecule has 0 saturated carbocycles. The van der Waals surface area contributed by atoms with Crippen LogP contribution in [0.25, 0.3) is 11.4 Å². The van der Waals surface area contributed by atoms with Gasteiger partial charge in [-0.15, -0.1) is 10.2 Å². The van der Waals surface area contributed by atoms with Crippen molar-refractivity contribution in [3.8, 4) is 11.4 Å². The Balaban J connectivity index is 1.53. The first-order valence-corrected chi connectivity index (χ1v) is 14.7. The summed E-state index contributed by atoms with van der Waals surface area (Å²) in [7, 11) is -3.64. The van der Waals surface area contributed by atoms with Gasteiger partial charge < -0.3 is 5.32 Å². The number of aryl methyl sites for hydroxylation is 1. The number of nitrogens with zero attached hydrogens (tertiary/aromatic N) is 5. The fourth-order valence-electron chi connectivity index (χ4n) is 3.94. The van der Waals surface area contributed by atoms with E-state index in [0.29, 0.717) is 36.3 Å². The Morgan fingerprint density at radius 2 is 1.71 bits per heavy atom. The van der Waals surface area contributed by atoms with Crippen LogP contribution in [0.5, 0.6) is 0 Å². The summed E-state index contributed by atoms with van der Waals surface area (Å²) in [6.45, 7) is 6.71. The van der Waals surface area contributed by atoms with Gasteiger partial charge in [-0.2, -0.15) is 4.31 Å². The van der Waals surface area contributed by atoms with Gasteiger partial charge in [0.15, 0.2) is 11.0 Å². The Labute approximate surface area is 227 Å². The molecule has 0 aliphatic rings. The van der Waals surface area contributed by atoms with Gasteiger partial charge in [-0.1, -0.05) is 62.0 Å². The van der Waals surface area contributed by atoms with Gasteiger partial charge in [0.05, 0.1) is 17.2 Å². The third kappa shape index (κ3) is 6.29. The summed E-state index contributed by atoms with van der Waals surface area (Å²) in [5, 5.41) is 12.2. The molecule has 11 heteroatoms. The highest BCUT2D eigenvalue weighted by atomic mass is 32.2. The average Bonchev–Trinajstić information content (AvgIpc) is 3.32. The number of carbonyl (C=O) groups is 1. The lowest BCUT2D eigenvalue weighted by molar-refractivity contribution is -0.113. The summed E-state index contributed by atoms with van der Waals surface area (Å²) >= 11 is 1.27. The number of benzene rings is 2. The molecule has 1 amide bonds. The normalized spacial score (nSPS) is 11.6. The third-order valence-corrected chi connectivity index (χ3v) is 9.01. The Kier molecular flexibility index (Phi) is 8.93. The van der Waals surface area contributed by atoms with E-state index in [9.17, 15) is 13.2 Å². The number of anilines is 1. The van der Waals surface area contributed by atoms with E-state index in [2.05, 4.69) is 20.5 Å². The molecule has 4 aromatic rings. The zero-order valence-electron chi connectivity index (χ0n) is 21.5. The van der Waals surface area contributed by atoms with E-state index in [1.165, 1.54) is 22.1 Å². The molecule has 0 atom stereocenters. The van der Waals surface area contributed by atoms with Crippen molar-refractivity contribution in [1.82, 2.24) is 24.1 Å². The largest absolute Gasteiger partial charge is 0.325 e. The Morgan fingerprint density at radius 1 is 1.00 bits per heavy atom. The van der Waals surface area contributed by atoms with Crippen LogP contribution in [0, 0.1) is 6.92 Å². The van der Waals surface area contributed by atoms with Gasteiger partial charge in [-0.05, 0) is 42.3 Å². The minimum absolute atomic E-state index is 0.0791. The fourth-order valence-corrected chi connectivity index (χ4v) is 6.17. The lowest BCUT2D eigenvalue weighted by Crippen LogP contribution is -2.30. The molecule has 2 aromatic carbocycles. The number of hydrogen-bond acceptors (Lipinski definition) is 7. The summed E-state index contributed by atoms with van der Waals surface area (Å²) in [6, 6.07) is 18.5. The van der Waals surface area contributed by atoms with E-state index in [-0.39, 0.29) is 16.6 Å². The number of rotatable bonds is 11. The van der Waals surface area contributed by atoms with Crippen molar-refractivity contribution in [2.45, 2.75) is 37.4 Å². The monoisotopic (exact) mass is 550 g/mol. The molecule has 2 aromatic heterocycles. The van der Waals surface area contributed by atoms with Gasteiger partial charge in [-0.25, -0.2) is 8.42 Å². The zero-order chi connectivity index (χ0) is 27.1.